The van der Waals surface area contributed by atoms with Crippen molar-refractivity contribution in [3.8, 4) is 0 Å². The molecule has 3 aromatic rings. The van der Waals surface area contributed by atoms with Crippen molar-refractivity contribution >= 4 is 40.1 Å². The second-order valence-electron chi connectivity index (χ2n) is 7.38. The molecule has 0 radical (unpaired) electrons. The van der Waals surface area contributed by atoms with Gasteiger partial charge in [0.05, 0.1) is 21.1 Å². The summed E-state index contributed by atoms with van der Waals surface area (Å²) in [4.78, 5) is 17.8. The Bertz CT molecular complexity index is 967. The van der Waals surface area contributed by atoms with Crippen LogP contribution in [-0.2, 0) is 11.2 Å². The quantitative estimate of drug-likeness (QED) is 0.539. The van der Waals surface area contributed by atoms with E-state index in [9.17, 15) is 4.79 Å². The maximum Gasteiger partial charge on any atom is 0.243 e. The molecule has 0 fully saturated rings. The van der Waals surface area contributed by atoms with Gasteiger partial charge in [-0.15, -0.1) is 0 Å². The fourth-order valence-electron chi connectivity index (χ4n) is 3.30. The molecule has 6 heteroatoms. The Labute approximate surface area is 175 Å². The van der Waals surface area contributed by atoms with Gasteiger partial charge in [0.1, 0.15) is 11.9 Å². The van der Waals surface area contributed by atoms with Crippen molar-refractivity contribution in [2.45, 2.75) is 39.7 Å². The van der Waals surface area contributed by atoms with E-state index in [1.165, 1.54) is 0 Å². The minimum Gasteiger partial charge on any atom is -0.354 e. The first-order valence-electron chi connectivity index (χ1n) is 9.58. The number of halogens is 2. The number of rotatable bonds is 7. The maximum atomic E-state index is 13.0. The second-order valence-corrected chi connectivity index (χ2v) is 8.19. The molecule has 0 aliphatic carbocycles. The summed E-state index contributed by atoms with van der Waals surface area (Å²) in [5.41, 5.74) is 2.70. The standard InChI is InChI=1S/C22H25Cl2N3O/c1-4-19(22(28)25-13-14(2)3)27-20-12-17(24)16(23)11-18(20)26-21(27)10-15-8-6-5-7-9-15/h5-9,11-12,14,19H,4,10,13H2,1-3H3,(H,25,28)/t19-/m1/s1. The van der Waals surface area contributed by atoms with E-state index in [-0.39, 0.29) is 11.9 Å². The van der Waals surface area contributed by atoms with Gasteiger partial charge in [-0.05, 0) is 30.0 Å². The van der Waals surface area contributed by atoms with E-state index < -0.39 is 0 Å². The number of hydrogen-bond donors (Lipinski definition) is 1. The Morgan fingerprint density at radius 3 is 2.46 bits per heavy atom. The Kier molecular flexibility index (Phi) is 6.63. The van der Waals surface area contributed by atoms with Crippen molar-refractivity contribution in [2.24, 2.45) is 5.92 Å². The zero-order chi connectivity index (χ0) is 20.3. The highest BCUT2D eigenvalue weighted by Crippen LogP contribution is 2.31. The Morgan fingerprint density at radius 2 is 1.82 bits per heavy atom. The molecule has 1 N–H and O–H groups in total. The Hall–Kier alpha value is -2.04. The number of nitrogens with zero attached hydrogens (tertiary/aromatic N) is 2. The summed E-state index contributed by atoms with van der Waals surface area (Å²) < 4.78 is 2.01. The molecule has 0 aliphatic rings. The third kappa shape index (κ3) is 4.50. The Morgan fingerprint density at radius 1 is 1.14 bits per heavy atom. The van der Waals surface area contributed by atoms with Gasteiger partial charge in [0.25, 0.3) is 0 Å². The number of amides is 1. The summed E-state index contributed by atoms with van der Waals surface area (Å²) in [5, 5.41) is 3.97. The van der Waals surface area contributed by atoms with Gasteiger partial charge in [0, 0.05) is 13.0 Å². The van der Waals surface area contributed by atoms with E-state index in [0.29, 0.717) is 35.3 Å². The monoisotopic (exact) mass is 417 g/mol. The summed E-state index contributed by atoms with van der Waals surface area (Å²) in [6, 6.07) is 13.3. The molecule has 148 valence electrons. The molecule has 1 heterocycles. The molecule has 0 saturated heterocycles. The molecule has 3 rings (SSSR count). The van der Waals surface area contributed by atoms with Crippen molar-refractivity contribution in [1.82, 2.24) is 14.9 Å². The highest BCUT2D eigenvalue weighted by Gasteiger charge is 2.25. The SMILES string of the molecule is CC[C@H](C(=O)NCC(C)C)n1c(Cc2ccccc2)nc2cc(Cl)c(Cl)cc21. The molecule has 2 aromatic carbocycles. The van der Waals surface area contributed by atoms with Gasteiger partial charge in [-0.2, -0.15) is 0 Å². The van der Waals surface area contributed by atoms with Crippen LogP contribution in [-0.4, -0.2) is 22.0 Å². The van der Waals surface area contributed by atoms with Gasteiger partial charge >= 0.3 is 0 Å². The topological polar surface area (TPSA) is 46.9 Å². The number of aromatic nitrogens is 2. The van der Waals surface area contributed by atoms with Crippen LogP contribution in [0.5, 0.6) is 0 Å². The fraction of sp³-hybridized carbons (Fsp3) is 0.364. The first-order chi connectivity index (χ1) is 13.4. The summed E-state index contributed by atoms with van der Waals surface area (Å²) in [7, 11) is 0. The van der Waals surface area contributed by atoms with Crippen LogP contribution in [0.3, 0.4) is 0 Å². The van der Waals surface area contributed by atoms with Gasteiger partial charge in [-0.3, -0.25) is 4.79 Å². The van der Waals surface area contributed by atoms with E-state index >= 15 is 0 Å². The van der Waals surface area contributed by atoms with Gasteiger partial charge in [-0.25, -0.2) is 4.98 Å². The molecule has 1 amide bonds. The van der Waals surface area contributed by atoms with Gasteiger partial charge in [0.2, 0.25) is 5.91 Å². The average Bonchev–Trinajstić information content (AvgIpc) is 2.99. The predicted molar refractivity (Wildman–Crippen MR) is 116 cm³/mol. The van der Waals surface area contributed by atoms with E-state index in [1.807, 2.05) is 29.7 Å². The third-order valence-electron chi connectivity index (χ3n) is 4.70. The minimum atomic E-state index is -0.361. The number of carbonyl (C=O) groups excluding carboxylic acids is 1. The second kappa shape index (κ2) is 8.97. The van der Waals surface area contributed by atoms with Crippen LogP contribution in [0, 0.1) is 5.92 Å². The van der Waals surface area contributed by atoms with Gasteiger partial charge in [-0.1, -0.05) is 74.3 Å². The van der Waals surface area contributed by atoms with Crippen molar-refractivity contribution in [2.75, 3.05) is 6.54 Å². The molecular formula is C22H25Cl2N3O. The number of carbonyl (C=O) groups is 1. The number of benzene rings is 2. The molecule has 28 heavy (non-hydrogen) atoms. The molecule has 1 atom stereocenters. The van der Waals surface area contributed by atoms with Crippen LogP contribution in [0.4, 0.5) is 0 Å². The van der Waals surface area contributed by atoms with Crippen molar-refractivity contribution in [3.05, 3.63) is 63.9 Å². The smallest absolute Gasteiger partial charge is 0.243 e. The number of hydrogen-bond acceptors (Lipinski definition) is 2. The number of fused-ring (bicyclic) bond motifs is 1. The first kappa shape index (κ1) is 20.7. The van der Waals surface area contributed by atoms with Crippen LogP contribution in [0.15, 0.2) is 42.5 Å². The largest absolute Gasteiger partial charge is 0.354 e. The molecular weight excluding hydrogens is 393 g/mol. The highest BCUT2D eigenvalue weighted by atomic mass is 35.5. The van der Waals surface area contributed by atoms with E-state index in [0.717, 1.165) is 22.4 Å². The molecule has 0 bridgehead atoms. The third-order valence-corrected chi connectivity index (χ3v) is 5.42. The lowest BCUT2D eigenvalue weighted by Crippen LogP contribution is -2.35. The first-order valence-corrected chi connectivity index (χ1v) is 10.3. The van der Waals surface area contributed by atoms with Gasteiger partial charge in [0.15, 0.2) is 0 Å². The van der Waals surface area contributed by atoms with Crippen LogP contribution in [0.2, 0.25) is 10.0 Å². The van der Waals surface area contributed by atoms with Crippen molar-refractivity contribution in [3.63, 3.8) is 0 Å². The van der Waals surface area contributed by atoms with Crippen molar-refractivity contribution < 1.29 is 4.79 Å². The summed E-state index contributed by atoms with van der Waals surface area (Å²) >= 11 is 12.5. The van der Waals surface area contributed by atoms with Crippen LogP contribution in [0.1, 0.15) is 44.6 Å². The van der Waals surface area contributed by atoms with Crippen molar-refractivity contribution in [1.29, 1.82) is 0 Å². The summed E-state index contributed by atoms with van der Waals surface area (Å²) in [6.45, 7) is 6.81. The van der Waals surface area contributed by atoms with E-state index in [1.54, 1.807) is 12.1 Å². The molecule has 4 nitrogen and oxygen atoms in total. The lowest BCUT2D eigenvalue weighted by Gasteiger charge is -2.21. The molecule has 0 saturated carbocycles. The maximum absolute atomic E-state index is 13.0. The van der Waals surface area contributed by atoms with Crippen LogP contribution >= 0.6 is 23.2 Å². The Balaban J connectivity index is 2.09. The fourth-order valence-corrected chi connectivity index (χ4v) is 3.61. The minimum absolute atomic E-state index is 0.00381. The van der Waals surface area contributed by atoms with E-state index in [2.05, 4.69) is 31.3 Å². The molecule has 1 aromatic heterocycles. The normalized spacial score (nSPS) is 12.5. The van der Waals surface area contributed by atoms with Gasteiger partial charge < -0.3 is 9.88 Å². The average molecular weight is 418 g/mol. The van der Waals surface area contributed by atoms with E-state index in [4.69, 9.17) is 28.2 Å². The zero-order valence-corrected chi connectivity index (χ0v) is 17.9. The summed E-state index contributed by atoms with van der Waals surface area (Å²) in [6.07, 6.45) is 1.27. The molecule has 0 aliphatic heterocycles. The highest BCUT2D eigenvalue weighted by molar-refractivity contribution is 6.42. The van der Waals surface area contributed by atoms with Crippen LogP contribution < -0.4 is 5.32 Å². The predicted octanol–water partition coefficient (Wildman–Crippen LogP) is 5.66. The van der Waals surface area contributed by atoms with Crippen LogP contribution in [0.25, 0.3) is 11.0 Å². The lowest BCUT2D eigenvalue weighted by molar-refractivity contribution is -0.124. The summed E-state index contributed by atoms with van der Waals surface area (Å²) in [5.74, 6) is 1.21. The lowest BCUT2D eigenvalue weighted by atomic mass is 10.1. The molecule has 0 spiro atoms. The zero-order valence-electron chi connectivity index (χ0n) is 16.4. The number of nitrogens with one attached hydrogen (secondary N) is 1. The molecule has 0 unspecified atom stereocenters. The number of imidazole rings is 1.